The van der Waals surface area contributed by atoms with Crippen LogP contribution < -0.4 is 0 Å². The van der Waals surface area contributed by atoms with Crippen LogP contribution in [0.15, 0.2) is 47.6 Å². The van der Waals surface area contributed by atoms with Crippen LogP contribution in [0, 0.1) is 28.6 Å². The van der Waals surface area contributed by atoms with E-state index in [1.807, 2.05) is 6.08 Å². The molecule has 4 fully saturated rings. The first-order valence-electron chi connectivity index (χ1n) is 15.1. The number of hydrogen-bond donors (Lipinski definition) is 3. The molecule has 0 spiro atoms. The van der Waals surface area contributed by atoms with E-state index in [1.165, 1.54) is 12.0 Å². The second-order valence-corrected chi connectivity index (χ2v) is 12.9. The number of aliphatic hydroxyl groups is 3. The van der Waals surface area contributed by atoms with Crippen molar-refractivity contribution in [3.63, 3.8) is 0 Å². The molecule has 0 aromatic heterocycles. The van der Waals surface area contributed by atoms with E-state index in [2.05, 4.69) is 45.6 Å². The minimum Gasteiger partial charge on any atom is -0.465 e. The molecule has 0 bridgehead atoms. The van der Waals surface area contributed by atoms with E-state index in [-0.39, 0.29) is 11.4 Å². The molecule has 0 saturated heterocycles. The van der Waals surface area contributed by atoms with Crippen molar-refractivity contribution in [3.05, 3.63) is 47.6 Å². The number of carbonyl (C=O) groups is 1. The standard InChI is InChI=1S/C33H50O5/c1-5-6-7-19-38-31(37)33(17-18-33)30(36)15-10-22(2)27-13-14-28-24(9-8-16-32(27,28)4)11-12-25-20-26(34)21-29(35)23(25)3/h10-12,15,22,26-30,34-36H,3,5-9,13-14,16-21H2,1-2,4H3/t22-,26-,27-,28+,29+,30-,32-/m1/s1. The third kappa shape index (κ3) is 6.05. The van der Waals surface area contributed by atoms with Crippen molar-refractivity contribution in [3.8, 4) is 0 Å². The maximum atomic E-state index is 12.7. The van der Waals surface area contributed by atoms with Gasteiger partial charge in [-0.05, 0) is 92.1 Å². The summed E-state index contributed by atoms with van der Waals surface area (Å²) in [5, 5.41) is 31.3. The quantitative estimate of drug-likeness (QED) is 0.179. The minimum absolute atomic E-state index is 0.204. The Labute approximate surface area is 229 Å². The molecular weight excluding hydrogens is 476 g/mol. The van der Waals surface area contributed by atoms with Gasteiger partial charge in [0, 0.05) is 6.42 Å². The third-order valence-electron chi connectivity index (χ3n) is 10.3. The number of fused-ring (bicyclic) bond motifs is 1. The molecule has 4 aliphatic carbocycles. The monoisotopic (exact) mass is 526 g/mol. The SMILES string of the molecule is C=C1C(=CC=C2CCC[C@]3(C)[C@@H]([C@H](C)C=C[C@@H](O)C4(C(=O)OCCCCC)CC4)CC[C@@H]23)C[C@@H](O)C[C@@H]1O. The van der Waals surface area contributed by atoms with Crippen molar-refractivity contribution in [1.82, 2.24) is 0 Å². The highest BCUT2D eigenvalue weighted by molar-refractivity contribution is 5.81. The lowest BCUT2D eigenvalue weighted by Gasteiger charge is -2.44. The first kappa shape index (κ1) is 29.3. The fraction of sp³-hybridized carbons (Fsp3) is 0.727. The van der Waals surface area contributed by atoms with Crippen molar-refractivity contribution in [2.24, 2.45) is 28.6 Å². The van der Waals surface area contributed by atoms with Gasteiger partial charge in [0.25, 0.3) is 0 Å². The molecule has 38 heavy (non-hydrogen) atoms. The molecule has 0 unspecified atom stereocenters. The molecule has 5 nitrogen and oxygen atoms in total. The Morgan fingerprint density at radius 3 is 2.63 bits per heavy atom. The summed E-state index contributed by atoms with van der Waals surface area (Å²) >= 11 is 0. The normalized spacial score (nSPS) is 36.4. The predicted molar refractivity (Wildman–Crippen MR) is 151 cm³/mol. The molecule has 4 rings (SSSR count). The molecule has 0 radical (unpaired) electrons. The van der Waals surface area contributed by atoms with Gasteiger partial charge in [-0.2, -0.15) is 0 Å². The third-order valence-corrected chi connectivity index (χ3v) is 10.3. The van der Waals surface area contributed by atoms with Crippen LogP contribution in [0.2, 0.25) is 0 Å². The lowest BCUT2D eigenvalue weighted by Crippen LogP contribution is -2.36. The topological polar surface area (TPSA) is 87.0 Å². The number of unbranched alkanes of at least 4 members (excludes halogenated alkanes) is 2. The summed E-state index contributed by atoms with van der Waals surface area (Å²) in [6.07, 6.45) is 17.6. The zero-order valence-electron chi connectivity index (χ0n) is 23.8. The van der Waals surface area contributed by atoms with Crippen LogP contribution in [0.4, 0.5) is 0 Å². The van der Waals surface area contributed by atoms with E-state index in [4.69, 9.17) is 4.74 Å². The van der Waals surface area contributed by atoms with Crippen molar-refractivity contribution in [1.29, 1.82) is 0 Å². The first-order chi connectivity index (χ1) is 18.1. The lowest BCUT2D eigenvalue weighted by molar-refractivity contribution is -0.153. The zero-order valence-corrected chi connectivity index (χ0v) is 23.8. The highest BCUT2D eigenvalue weighted by Gasteiger charge is 2.56. The van der Waals surface area contributed by atoms with Gasteiger partial charge in [-0.15, -0.1) is 0 Å². The Morgan fingerprint density at radius 1 is 1.16 bits per heavy atom. The van der Waals surface area contributed by atoms with E-state index in [0.29, 0.717) is 50.0 Å². The Morgan fingerprint density at radius 2 is 1.92 bits per heavy atom. The van der Waals surface area contributed by atoms with Crippen molar-refractivity contribution in [2.75, 3.05) is 6.61 Å². The second-order valence-electron chi connectivity index (χ2n) is 12.9. The number of aliphatic hydroxyl groups excluding tert-OH is 3. The molecule has 0 heterocycles. The molecule has 212 valence electrons. The number of esters is 1. The lowest BCUT2D eigenvalue weighted by atomic mass is 9.61. The average molecular weight is 527 g/mol. The average Bonchev–Trinajstić information content (AvgIpc) is 3.62. The van der Waals surface area contributed by atoms with Gasteiger partial charge in [-0.25, -0.2) is 0 Å². The van der Waals surface area contributed by atoms with Crippen molar-refractivity contribution in [2.45, 2.75) is 116 Å². The van der Waals surface area contributed by atoms with Gasteiger partial charge in [0.2, 0.25) is 0 Å². The molecule has 7 atom stereocenters. The number of carbonyl (C=O) groups excluding carboxylic acids is 1. The van der Waals surface area contributed by atoms with Gasteiger partial charge in [0.15, 0.2) is 0 Å². The summed E-state index contributed by atoms with van der Waals surface area (Å²) in [6.45, 7) is 11.3. The van der Waals surface area contributed by atoms with Gasteiger partial charge >= 0.3 is 5.97 Å². The highest BCUT2D eigenvalue weighted by atomic mass is 16.5. The number of hydrogen-bond acceptors (Lipinski definition) is 5. The maximum absolute atomic E-state index is 12.7. The Bertz CT molecular complexity index is 956. The summed E-state index contributed by atoms with van der Waals surface area (Å²) in [5.41, 5.74) is 2.66. The number of rotatable bonds is 10. The zero-order chi connectivity index (χ0) is 27.5. The van der Waals surface area contributed by atoms with E-state index < -0.39 is 23.7 Å². The summed E-state index contributed by atoms with van der Waals surface area (Å²) in [6, 6.07) is 0. The van der Waals surface area contributed by atoms with Crippen LogP contribution in [0.25, 0.3) is 0 Å². The van der Waals surface area contributed by atoms with Gasteiger partial charge < -0.3 is 20.1 Å². The maximum Gasteiger partial charge on any atom is 0.315 e. The molecule has 0 aromatic carbocycles. The molecule has 4 aliphatic rings. The van der Waals surface area contributed by atoms with E-state index >= 15 is 0 Å². The van der Waals surface area contributed by atoms with E-state index in [9.17, 15) is 20.1 Å². The molecule has 0 amide bonds. The Kier molecular flexibility index (Phi) is 9.43. The smallest absolute Gasteiger partial charge is 0.315 e. The summed E-state index contributed by atoms with van der Waals surface area (Å²) in [5.74, 6) is 1.13. The van der Waals surface area contributed by atoms with E-state index in [1.54, 1.807) is 0 Å². The van der Waals surface area contributed by atoms with Gasteiger partial charge in [0.05, 0.1) is 30.3 Å². The van der Waals surface area contributed by atoms with Crippen LogP contribution >= 0.6 is 0 Å². The molecular formula is C33H50O5. The molecule has 3 N–H and O–H groups in total. The fourth-order valence-corrected chi connectivity index (χ4v) is 7.62. The summed E-state index contributed by atoms with van der Waals surface area (Å²) in [7, 11) is 0. The van der Waals surface area contributed by atoms with Gasteiger partial charge in [-0.1, -0.05) is 70.1 Å². The second kappa shape index (κ2) is 12.2. The summed E-state index contributed by atoms with van der Waals surface area (Å²) in [4.78, 5) is 12.7. The highest BCUT2D eigenvalue weighted by Crippen LogP contribution is 2.59. The first-order valence-corrected chi connectivity index (χ1v) is 15.1. The van der Waals surface area contributed by atoms with E-state index in [0.717, 1.165) is 56.1 Å². The van der Waals surface area contributed by atoms with Crippen molar-refractivity contribution < 1.29 is 24.9 Å². The molecule has 0 aromatic rings. The van der Waals surface area contributed by atoms with Gasteiger partial charge in [-0.3, -0.25) is 4.79 Å². The van der Waals surface area contributed by atoms with Crippen LogP contribution in [0.5, 0.6) is 0 Å². The molecule has 4 saturated carbocycles. The van der Waals surface area contributed by atoms with Crippen LogP contribution in [0.1, 0.15) is 97.8 Å². The minimum atomic E-state index is -0.781. The number of allylic oxidation sites excluding steroid dienone is 4. The fourth-order valence-electron chi connectivity index (χ4n) is 7.62. The van der Waals surface area contributed by atoms with Crippen molar-refractivity contribution >= 4 is 5.97 Å². The van der Waals surface area contributed by atoms with Gasteiger partial charge in [0.1, 0.15) is 0 Å². The Hall–Kier alpha value is -1.69. The molecule has 0 aliphatic heterocycles. The van der Waals surface area contributed by atoms with Crippen LogP contribution in [0.3, 0.4) is 0 Å². The molecule has 5 heteroatoms. The van der Waals surface area contributed by atoms with Crippen LogP contribution in [-0.4, -0.2) is 46.2 Å². The van der Waals surface area contributed by atoms with Crippen LogP contribution in [-0.2, 0) is 9.53 Å². The number of ether oxygens (including phenoxy) is 1. The Balaban J connectivity index is 1.40. The predicted octanol–water partition coefficient (Wildman–Crippen LogP) is 6.19. The largest absolute Gasteiger partial charge is 0.465 e. The summed E-state index contributed by atoms with van der Waals surface area (Å²) < 4.78 is 5.51.